The van der Waals surface area contributed by atoms with Crippen molar-refractivity contribution in [2.24, 2.45) is 0 Å². The summed E-state index contributed by atoms with van der Waals surface area (Å²) in [7, 11) is 0. The molecule has 0 aliphatic carbocycles. The normalized spacial score (nSPS) is 12.3. The lowest BCUT2D eigenvalue weighted by Crippen LogP contribution is -2.05. The quantitative estimate of drug-likeness (QED) is 0.482. The number of allylic oxidation sites excluding steroid dienone is 3. The van der Waals surface area contributed by atoms with Gasteiger partial charge < -0.3 is 5.11 Å². The van der Waals surface area contributed by atoms with Crippen LogP contribution < -0.4 is 0 Å². The molecular weight excluding hydrogens is 269 g/mol. The zero-order chi connectivity index (χ0) is 15.0. The summed E-state index contributed by atoms with van der Waals surface area (Å²) in [5.74, 6) is -1.02. The van der Waals surface area contributed by atoms with Crippen LogP contribution in [0, 0.1) is 0 Å². The van der Waals surface area contributed by atoms with Crippen molar-refractivity contribution in [1.29, 1.82) is 0 Å². The van der Waals surface area contributed by atoms with Crippen LogP contribution in [0.25, 0.3) is 0 Å². The second-order valence-corrected chi connectivity index (χ2v) is 4.22. The van der Waals surface area contributed by atoms with Gasteiger partial charge in [0, 0.05) is 6.08 Å². The van der Waals surface area contributed by atoms with E-state index in [1.54, 1.807) is 18.2 Å². The molecule has 0 aromatic heterocycles. The van der Waals surface area contributed by atoms with Gasteiger partial charge in [0.05, 0.1) is 5.56 Å². The number of carbonyl (C=O) groups is 1. The maximum absolute atomic E-state index is 12.5. The van der Waals surface area contributed by atoms with Crippen LogP contribution in [0.1, 0.15) is 24.0 Å². The summed E-state index contributed by atoms with van der Waals surface area (Å²) in [5.41, 5.74) is 0.0178. The Morgan fingerprint density at radius 3 is 2.65 bits per heavy atom. The number of carboxylic acids is 1. The lowest BCUT2D eigenvalue weighted by Gasteiger charge is -2.08. The Bertz CT molecular complexity index is 502. The van der Waals surface area contributed by atoms with E-state index >= 15 is 0 Å². The van der Waals surface area contributed by atoms with E-state index in [0.29, 0.717) is 24.8 Å². The van der Waals surface area contributed by atoms with Crippen LogP contribution in [0.4, 0.5) is 13.2 Å². The Morgan fingerprint density at radius 2 is 2.00 bits per heavy atom. The molecule has 1 aromatic carbocycles. The van der Waals surface area contributed by atoms with Crippen LogP contribution in [0.3, 0.4) is 0 Å². The fraction of sp³-hybridized carbons (Fsp3) is 0.267. The Hall–Kier alpha value is -2.04. The molecule has 0 atom stereocenters. The molecule has 0 aliphatic rings. The summed E-state index contributed by atoms with van der Waals surface area (Å²) < 4.78 is 37.5. The van der Waals surface area contributed by atoms with Crippen molar-refractivity contribution < 1.29 is 23.1 Å². The van der Waals surface area contributed by atoms with Crippen molar-refractivity contribution in [2.75, 3.05) is 0 Å². The number of hydrogen-bond donors (Lipinski definition) is 1. The van der Waals surface area contributed by atoms with Crippen LogP contribution >= 0.6 is 0 Å². The van der Waals surface area contributed by atoms with E-state index in [0.717, 1.165) is 18.2 Å². The van der Waals surface area contributed by atoms with Crippen molar-refractivity contribution in [3.63, 3.8) is 0 Å². The van der Waals surface area contributed by atoms with E-state index in [1.165, 1.54) is 12.1 Å². The molecule has 0 amide bonds. The molecule has 108 valence electrons. The summed E-state index contributed by atoms with van der Waals surface area (Å²) in [5, 5.41) is 8.34. The topological polar surface area (TPSA) is 37.3 Å². The molecule has 2 nitrogen and oxygen atoms in total. The Labute approximate surface area is 115 Å². The predicted molar refractivity (Wildman–Crippen MR) is 70.3 cm³/mol. The molecule has 0 bridgehead atoms. The van der Waals surface area contributed by atoms with Crippen molar-refractivity contribution in [2.45, 2.75) is 25.4 Å². The monoisotopic (exact) mass is 284 g/mol. The maximum atomic E-state index is 12.5. The number of unbranched alkanes of at least 4 members (excludes halogenated alkanes) is 1. The molecule has 1 N–H and O–H groups in total. The minimum absolute atomic E-state index is 0.552. The Balaban J connectivity index is 2.41. The highest BCUT2D eigenvalue weighted by Crippen LogP contribution is 2.29. The minimum atomic E-state index is -4.31. The van der Waals surface area contributed by atoms with Gasteiger partial charge in [-0.25, -0.2) is 4.79 Å². The van der Waals surface area contributed by atoms with E-state index in [1.807, 2.05) is 0 Å². The second-order valence-electron chi connectivity index (χ2n) is 4.22. The molecule has 0 aliphatic heterocycles. The Morgan fingerprint density at radius 1 is 1.25 bits per heavy atom. The molecule has 0 spiro atoms. The first kappa shape index (κ1) is 16.0. The highest BCUT2D eigenvalue weighted by atomic mass is 19.4. The van der Waals surface area contributed by atoms with E-state index in [9.17, 15) is 18.0 Å². The van der Waals surface area contributed by atoms with E-state index in [2.05, 4.69) is 0 Å². The number of halogens is 3. The first-order valence-electron chi connectivity index (χ1n) is 6.12. The van der Waals surface area contributed by atoms with Crippen molar-refractivity contribution >= 4 is 5.97 Å². The molecule has 0 fully saturated rings. The summed E-state index contributed by atoms with van der Waals surface area (Å²) in [6.45, 7) is 0. The van der Waals surface area contributed by atoms with Gasteiger partial charge in [-0.1, -0.05) is 36.4 Å². The average Bonchev–Trinajstić information content (AvgIpc) is 2.36. The van der Waals surface area contributed by atoms with Crippen molar-refractivity contribution in [3.05, 3.63) is 59.7 Å². The molecule has 0 saturated heterocycles. The van der Waals surface area contributed by atoms with Crippen LogP contribution in [0.2, 0.25) is 0 Å². The van der Waals surface area contributed by atoms with Crippen LogP contribution in [0.15, 0.2) is 48.6 Å². The number of hydrogen-bond acceptors (Lipinski definition) is 1. The van der Waals surface area contributed by atoms with Crippen molar-refractivity contribution in [3.8, 4) is 0 Å². The second kappa shape index (κ2) is 7.53. The number of benzene rings is 1. The summed E-state index contributed by atoms with van der Waals surface area (Å²) in [4.78, 5) is 10.2. The fourth-order valence-corrected chi connectivity index (χ4v) is 1.64. The lowest BCUT2D eigenvalue weighted by atomic mass is 10.0. The predicted octanol–water partition coefficient (Wildman–Crippen LogP) is 4.23. The molecule has 0 radical (unpaired) electrons. The molecule has 0 unspecified atom stereocenters. The summed E-state index contributed by atoms with van der Waals surface area (Å²) >= 11 is 0. The summed E-state index contributed by atoms with van der Waals surface area (Å²) in [6.07, 6.45) is 3.45. The average molecular weight is 284 g/mol. The van der Waals surface area contributed by atoms with Gasteiger partial charge in [0.25, 0.3) is 0 Å². The first-order valence-corrected chi connectivity index (χ1v) is 6.12. The smallest absolute Gasteiger partial charge is 0.416 e. The maximum Gasteiger partial charge on any atom is 0.416 e. The number of aliphatic carboxylic acids is 1. The van der Waals surface area contributed by atoms with Gasteiger partial charge >= 0.3 is 12.1 Å². The molecule has 0 heterocycles. The van der Waals surface area contributed by atoms with Gasteiger partial charge in [-0.05, 0) is 30.9 Å². The molecular formula is C15H15F3O2. The fourth-order valence-electron chi connectivity index (χ4n) is 1.64. The zero-order valence-electron chi connectivity index (χ0n) is 10.7. The first-order chi connectivity index (χ1) is 9.39. The van der Waals surface area contributed by atoms with Crippen LogP contribution in [-0.4, -0.2) is 11.1 Å². The standard InChI is InChI=1S/C15H15F3O2/c16-15(17,18)13-9-6-8-12(11-13)7-4-2-1-3-5-10-14(19)20/h1,3,5-6,8-11H,2,4,7H2,(H,19,20). The van der Waals surface area contributed by atoms with Gasteiger partial charge in [0.2, 0.25) is 0 Å². The molecule has 1 aromatic rings. The highest BCUT2D eigenvalue weighted by Gasteiger charge is 2.30. The number of carboxylic acid groups (broad SMARTS) is 1. The van der Waals surface area contributed by atoms with Gasteiger partial charge in [-0.15, -0.1) is 0 Å². The number of rotatable bonds is 6. The highest BCUT2D eigenvalue weighted by molar-refractivity contribution is 5.80. The Kier molecular flexibility index (Phi) is 6.03. The third-order valence-electron chi connectivity index (χ3n) is 2.58. The molecule has 1 rings (SSSR count). The minimum Gasteiger partial charge on any atom is -0.478 e. The van der Waals surface area contributed by atoms with Gasteiger partial charge in [0.1, 0.15) is 0 Å². The van der Waals surface area contributed by atoms with Gasteiger partial charge in [0.15, 0.2) is 0 Å². The van der Waals surface area contributed by atoms with E-state index in [-0.39, 0.29) is 0 Å². The van der Waals surface area contributed by atoms with Gasteiger partial charge in [-0.2, -0.15) is 13.2 Å². The number of aryl methyl sites for hydroxylation is 1. The lowest BCUT2D eigenvalue weighted by molar-refractivity contribution is -0.137. The molecule has 20 heavy (non-hydrogen) atoms. The largest absolute Gasteiger partial charge is 0.478 e. The number of alkyl halides is 3. The van der Waals surface area contributed by atoms with Crippen molar-refractivity contribution in [1.82, 2.24) is 0 Å². The van der Waals surface area contributed by atoms with Crippen LogP contribution in [0.5, 0.6) is 0 Å². The molecule has 0 saturated carbocycles. The summed E-state index contributed by atoms with van der Waals surface area (Å²) in [6, 6.07) is 5.29. The van der Waals surface area contributed by atoms with E-state index in [4.69, 9.17) is 5.11 Å². The van der Waals surface area contributed by atoms with Crippen LogP contribution in [-0.2, 0) is 17.4 Å². The third-order valence-corrected chi connectivity index (χ3v) is 2.58. The third kappa shape index (κ3) is 6.22. The van der Waals surface area contributed by atoms with Gasteiger partial charge in [-0.3, -0.25) is 0 Å². The SMILES string of the molecule is O=C(O)C=CC=CCCCc1cccc(C(F)(F)F)c1. The van der Waals surface area contributed by atoms with E-state index < -0.39 is 17.7 Å². The molecule has 5 heteroatoms. The zero-order valence-corrected chi connectivity index (χ0v) is 10.7.